The number of nitrogens with zero attached hydrogens (tertiary/aromatic N) is 3. The van der Waals surface area contributed by atoms with Crippen molar-refractivity contribution in [2.45, 2.75) is 19.6 Å². The first kappa shape index (κ1) is 16.9. The zero-order chi connectivity index (χ0) is 17.6. The third-order valence-corrected chi connectivity index (χ3v) is 3.96. The summed E-state index contributed by atoms with van der Waals surface area (Å²) in [4.78, 5) is 12.7. The molecule has 128 valence electrons. The molecule has 0 radical (unpaired) electrons. The fourth-order valence-electron chi connectivity index (χ4n) is 2.70. The van der Waals surface area contributed by atoms with Gasteiger partial charge in [-0.3, -0.25) is 4.79 Å². The fraction of sp³-hybridized carbons (Fsp3) is 0.211. The molecule has 0 spiro atoms. The van der Waals surface area contributed by atoms with Crippen molar-refractivity contribution in [1.29, 1.82) is 0 Å². The van der Waals surface area contributed by atoms with Crippen LogP contribution in [0.4, 0.5) is 5.69 Å². The van der Waals surface area contributed by atoms with Crippen LogP contribution < -0.4 is 5.32 Å². The number of carbonyl (C=O) groups is 1. The van der Waals surface area contributed by atoms with Gasteiger partial charge < -0.3 is 14.6 Å². The Hall–Kier alpha value is -2.99. The quantitative estimate of drug-likeness (QED) is 0.750. The van der Waals surface area contributed by atoms with Crippen molar-refractivity contribution < 1.29 is 9.53 Å². The maximum absolute atomic E-state index is 12.7. The lowest BCUT2D eigenvalue weighted by molar-refractivity contribution is -0.126. The van der Waals surface area contributed by atoms with Crippen molar-refractivity contribution in [3.63, 3.8) is 0 Å². The lowest BCUT2D eigenvalue weighted by Crippen LogP contribution is -2.23. The summed E-state index contributed by atoms with van der Waals surface area (Å²) in [5, 5.41) is 11.1. The number of aromatic nitrogens is 3. The Kier molecular flexibility index (Phi) is 5.20. The first-order valence-corrected chi connectivity index (χ1v) is 8.10. The van der Waals surface area contributed by atoms with Gasteiger partial charge in [0, 0.05) is 19.2 Å². The van der Waals surface area contributed by atoms with Crippen LogP contribution in [0.2, 0.25) is 0 Å². The minimum atomic E-state index is -0.682. The average molecular weight is 336 g/mol. The van der Waals surface area contributed by atoms with Gasteiger partial charge in [-0.05, 0) is 24.6 Å². The van der Waals surface area contributed by atoms with E-state index >= 15 is 0 Å². The van der Waals surface area contributed by atoms with Crippen molar-refractivity contribution in [2.75, 3.05) is 12.4 Å². The van der Waals surface area contributed by atoms with Gasteiger partial charge in [-0.15, -0.1) is 10.2 Å². The minimum Gasteiger partial charge on any atom is -0.367 e. The number of aryl methyl sites for hydroxylation is 1. The van der Waals surface area contributed by atoms with E-state index in [1.807, 2.05) is 66.1 Å². The van der Waals surface area contributed by atoms with Gasteiger partial charge in [-0.1, -0.05) is 42.5 Å². The molecule has 6 nitrogen and oxygen atoms in total. The van der Waals surface area contributed by atoms with E-state index in [1.54, 1.807) is 6.33 Å². The zero-order valence-electron chi connectivity index (χ0n) is 14.2. The predicted octanol–water partition coefficient (Wildman–Crippen LogP) is 3.29. The van der Waals surface area contributed by atoms with Gasteiger partial charge >= 0.3 is 0 Å². The van der Waals surface area contributed by atoms with Gasteiger partial charge in [0.2, 0.25) is 0 Å². The summed E-state index contributed by atoms with van der Waals surface area (Å²) in [6.07, 6.45) is 0.994. The summed E-state index contributed by atoms with van der Waals surface area (Å²) in [6, 6.07) is 16.9. The molecule has 1 amide bonds. The van der Waals surface area contributed by atoms with E-state index in [4.69, 9.17) is 4.74 Å². The molecule has 6 heteroatoms. The lowest BCUT2D eigenvalue weighted by Gasteiger charge is -2.17. The van der Waals surface area contributed by atoms with Crippen LogP contribution in [0.25, 0.3) is 11.4 Å². The first-order chi connectivity index (χ1) is 12.2. The fourth-order valence-corrected chi connectivity index (χ4v) is 2.70. The number of anilines is 1. The number of methoxy groups -OCH3 is 1. The molecular formula is C19H20N4O2. The number of amides is 1. The summed E-state index contributed by atoms with van der Waals surface area (Å²) < 4.78 is 7.33. The SMILES string of the molecule is CCn1cnnc1-c1ccccc1NC(=O)C(OC)c1ccccc1. The lowest BCUT2D eigenvalue weighted by atomic mass is 10.1. The summed E-state index contributed by atoms with van der Waals surface area (Å²) >= 11 is 0. The molecule has 0 aliphatic heterocycles. The van der Waals surface area contributed by atoms with Gasteiger partial charge in [0.05, 0.1) is 5.69 Å². The highest BCUT2D eigenvalue weighted by Gasteiger charge is 2.21. The number of ether oxygens (including phenoxy) is 1. The van der Waals surface area contributed by atoms with Crippen LogP contribution in [0.1, 0.15) is 18.6 Å². The number of hydrogen-bond donors (Lipinski definition) is 1. The molecule has 3 rings (SSSR count). The van der Waals surface area contributed by atoms with Gasteiger partial charge in [0.1, 0.15) is 6.33 Å². The molecule has 25 heavy (non-hydrogen) atoms. The molecule has 0 aliphatic rings. The first-order valence-electron chi connectivity index (χ1n) is 8.10. The second-order valence-electron chi connectivity index (χ2n) is 5.50. The number of nitrogens with one attached hydrogen (secondary N) is 1. The Bertz CT molecular complexity index is 845. The van der Waals surface area contributed by atoms with Crippen LogP contribution >= 0.6 is 0 Å². The van der Waals surface area contributed by atoms with Crippen LogP contribution in [-0.2, 0) is 16.1 Å². The van der Waals surface area contributed by atoms with Gasteiger partial charge in [-0.2, -0.15) is 0 Å². The van der Waals surface area contributed by atoms with Crippen LogP contribution in [0, 0.1) is 0 Å². The van der Waals surface area contributed by atoms with E-state index < -0.39 is 6.10 Å². The second-order valence-corrected chi connectivity index (χ2v) is 5.50. The molecule has 2 aromatic carbocycles. The number of rotatable bonds is 6. The summed E-state index contributed by atoms with van der Waals surface area (Å²) in [5.41, 5.74) is 2.29. The number of carbonyl (C=O) groups excluding carboxylic acids is 1. The van der Waals surface area contributed by atoms with Crippen molar-refractivity contribution in [1.82, 2.24) is 14.8 Å². The molecule has 1 atom stereocenters. The maximum Gasteiger partial charge on any atom is 0.258 e. The molecule has 1 N–H and O–H groups in total. The molecule has 3 aromatic rings. The van der Waals surface area contributed by atoms with Crippen LogP contribution in [0.15, 0.2) is 60.9 Å². The maximum atomic E-state index is 12.7. The summed E-state index contributed by atoms with van der Waals surface area (Å²) in [6.45, 7) is 2.76. The monoisotopic (exact) mass is 336 g/mol. The number of para-hydroxylation sites is 1. The van der Waals surface area contributed by atoms with Crippen molar-refractivity contribution in [2.24, 2.45) is 0 Å². The minimum absolute atomic E-state index is 0.233. The van der Waals surface area contributed by atoms with Gasteiger partial charge in [-0.25, -0.2) is 0 Å². The Morgan fingerprint density at radius 2 is 1.88 bits per heavy atom. The summed E-state index contributed by atoms with van der Waals surface area (Å²) in [7, 11) is 1.52. The van der Waals surface area contributed by atoms with Gasteiger partial charge in [0.25, 0.3) is 5.91 Å². The Morgan fingerprint density at radius 3 is 2.60 bits per heavy atom. The van der Waals surface area contributed by atoms with Crippen LogP contribution in [0.3, 0.4) is 0 Å². The largest absolute Gasteiger partial charge is 0.367 e. The molecule has 0 saturated heterocycles. The van der Waals surface area contributed by atoms with Crippen LogP contribution in [0.5, 0.6) is 0 Å². The Morgan fingerprint density at radius 1 is 1.16 bits per heavy atom. The molecular weight excluding hydrogens is 316 g/mol. The number of benzene rings is 2. The summed E-state index contributed by atoms with van der Waals surface area (Å²) in [5.74, 6) is 0.482. The third-order valence-electron chi connectivity index (χ3n) is 3.96. The van der Waals surface area contributed by atoms with E-state index in [0.29, 0.717) is 11.5 Å². The molecule has 1 aromatic heterocycles. The Balaban J connectivity index is 1.89. The topological polar surface area (TPSA) is 69.0 Å². The van der Waals surface area contributed by atoms with Crippen molar-refractivity contribution >= 4 is 11.6 Å². The highest BCUT2D eigenvalue weighted by atomic mass is 16.5. The molecule has 0 aliphatic carbocycles. The molecule has 0 bridgehead atoms. The van der Waals surface area contributed by atoms with E-state index in [1.165, 1.54) is 7.11 Å². The highest BCUT2D eigenvalue weighted by Crippen LogP contribution is 2.27. The van der Waals surface area contributed by atoms with E-state index in [2.05, 4.69) is 15.5 Å². The van der Waals surface area contributed by atoms with Crippen molar-refractivity contribution in [3.8, 4) is 11.4 Å². The van der Waals surface area contributed by atoms with Crippen LogP contribution in [-0.4, -0.2) is 27.8 Å². The zero-order valence-corrected chi connectivity index (χ0v) is 14.2. The highest BCUT2D eigenvalue weighted by molar-refractivity contribution is 5.98. The third kappa shape index (κ3) is 3.59. The second kappa shape index (κ2) is 7.72. The standard InChI is InChI=1S/C19H20N4O2/c1-3-23-13-20-22-18(23)15-11-7-8-12-16(15)21-19(24)17(25-2)14-9-5-4-6-10-14/h4-13,17H,3H2,1-2H3,(H,21,24). The van der Waals surface area contributed by atoms with E-state index in [9.17, 15) is 4.79 Å². The van der Waals surface area contributed by atoms with Gasteiger partial charge in [0.15, 0.2) is 11.9 Å². The van der Waals surface area contributed by atoms with E-state index in [-0.39, 0.29) is 5.91 Å². The van der Waals surface area contributed by atoms with E-state index in [0.717, 1.165) is 17.7 Å². The molecule has 0 fully saturated rings. The molecule has 1 heterocycles. The molecule has 1 unspecified atom stereocenters. The van der Waals surface area contributed by atoms with Crippen molar-refractivity contribution in [3.05, 3.63) is 66.5 Å². The number of hydrogen-bond acceptors (Lipinski definition) is 4. The predicted molar refractivity (Wildman–Crippen MR) is 96.0 cm³/mol. The molecule has 0 saturated carbocycles. The smallest absolute Gasteiger partial charge is 0.258 e. The normalized spacial score (nSPS) is 11.9. The average Bonchev–Trinajstić information content (AvgIpc) is 3.12. The Labute approximate surface area is 146 Å².